The second kappa shape index (κ2) is 5.79. The van der Waals surface area contributed by atoms with Crippen LogP contribution in [0.3, 0.4) is 0 Å². The maximum atomic E-state index is 12.2. The molecule has 25 heavy (non-hydrogen) atoms. The number of rotatable bonds is 4. The molecule has 2 rings (SSSR count). The van der Waals surface area contributed by atoms with Gasteiger partial charge in [0, 0.05) is 5.56 Å². The molecule has 13 nitrogen and oxygen atoms in total. The third-order valence-electron chi connectivity index (χ3n) is 3.28. The van der Waals surface area contributed by atoms with Gasteiger partial charge in [0.1, 0.15) is 4.21 Å². The molecule has 144 valence electrons. The second-order valence-corrected chi connectivity index (χ2v) is 10.2. The van der Waals surface area contributed by atoms with Crippen molar-refractivity contribution in [2.75, 3.05) is 6.54 Å². The molecular formula is C9H14N2O11S3. The number of aromatic hydroxyl groups is 1. The van der Waals surface area contributed by atoms with Gasteiger partial charge in [0.05, 0.1) is 12.6 Å². The van der Waals surface area contributed by atoms with Crippen LogP contribution < -0.4 is 10.5 Å². The van der Waals surface area contributed by atoms with Crippen molar-refractivity contribution in [2.24, 2.45) is 5.14 Å². The Labute approximate surface area is 144 Å². The standard InChI is InChI=1S/C9H14N2O11S3/c10-25(21,22)6-3(12)2-4(11-1-8(14,15)16)9(17,18)7(13)24(19,20)5(2)23-6/h4,7,11-18H,1H2,(H2,10,21,22). The average Bonchev–Trinajstić information content (AvgIpc) is 2.74. The van der Waals surface area contributed by atoms with E-state index in [1.807, 2.05) is 5.32 Å². The molecule has 10 N–H and O–H groups in total. The molecule has 0 fully saturated rings. The van der Waals surface area contributed by atoms with Crippen molar-refractivity contribution < 1.29 is 52.6 Å². The number of hydrogen-bond donors (Lipinski definition) is 9. The zero-order valence-electron chi connectivity index (χ0n) is 11.9. The Morgan fingerprint density at radius 1 is 1.28 bits per heavy atom. The summed E-state index contributed by atoms with van der Waals surface area (Å²) in [6.07, 6.45) is 0. The van der Waals surface area contributed by atoms with Crippen LogP contribution in [0.2, 0.25) is 0 Å². The van der Waals surface area contributed by atoms with Gasteiger partial charge in [-0.25, -0.2) is 22.0 Å². The summed E-state index contributed by atoms with van der Waals surface area (Å²) in [6, 6.07) is -2.14. The summed E-state index contributed by atoms with van der Waals surface area (Å²) >= 11 is -0.0432. The van der Waals surface area contributed by atoms with Crippen LogP contribution in [0, 0.1) is 0 Å². The number of sulfonamides is 1. The number of fused-ring (bicyclic) bond motifs is 1. The number of hydrogen-bond acceptors (Lipinski definition) is 13. The van der Waals surface area contributed by atoms with Crippen LogP contribution in [0.5, 0.6) is 5.75 Å². The molecule has 2 heterocycles. The van der Waals surface area contributed by atoms with E-state index in [1.165, 1.54) is 0 Å². The van der Waals surface area contributed by atoms with E-state index < -0.39 is 69.4 Å². The van der Waals surface area contributed by atoms with Crippen molar-refractivity contribution >= 4 is 31.2 Å². The lowest BCUT2D eigenvalue weighted by molar-refractivity contribution is -0.310. The van der Waals surface area contributed by atoms with E-state index >= 15 is 0 Å². The quantitative estimate of drug-likeness (QED) is 0.207. The first-order valence-electron chi connectivity index (χ1n) is 6.17. The summed E-state index contributed by atoms with van der Waals surface area (Å²) < 4.78 is 45.3. The molecule has 1 aliphatic heterocycles. The van der Waals surface area contributed by atoms with E-state index in [2.05, 4.69) is 0 Å². The highest BCUT2D eigenvalue weighted by atomic mass is 32.3. The number of primary sulfonamides is 1. The van der Waals surface area contributed by atoms with Gasteiger partial charge in [-0.2, -0.15) is 0 Å². The van der Waals surface area contributed by atoms with Gasteiger partial charge >= 0.3 is 0 Å². The molecule has 1 aromatic rings. The molecule has 0 amide bonds. The molecule has 1 aromatic heterocycles. The van der Waals surface area contributed by atoms with Crippen LogP contribution >= 0.6 is 11.3 Å². The Morgan fingerprint density at radius 2 is 1.80 bits per heavy atom. The summed E-state index contributed by atoms with van der Waals surface area (Å²) in [6.45, 7) is -1.20. The molecule has 0 aliphatic carbocycles. The maximum Gasteiger partial charge on any atom is 0.288 e. The molecule has 16 heteroatoms. The fourth-order valence-electron chi connectivity index (χ4n) is 2.23. The highest BCUT2D eigenvalue weighted by Crippen LogP contribution is 2.51. The number of aliphatic hydroxyl groups is 6. The maximum absolute atomic E-state index is 12.2. The predicted molar refractivity (Wildman–Crippen MR) is 77.8 cm³/mol. The molecular weight excluding hydrogens is 408 g/mol. The zero-order valence-corrected chi connectivity index (χ0v) is 14.4. The number of aliphatic hydroxyl groups excluding tert-OH is 1. The van der Waals surface area contributed by atoms with Gasteiger partial charge in [-0.1, -0.05) is 0 Å². The minimum absolute atomic E-state index is 0.0432. The first-order chi connectivity index (χ1) is 11.0. The molecule has 1 aliphatic rings. The molecule has 0 bridgehead atoms. The number of nitrogens with two attached hydrogens (primary N) is 1. The highest BCUT2D eigenvalue weighted by Gasteiger charge is 2.58. The normalized spacial score (nSPS) is 25.6. The van der Waals surface area contributed by atoms with Crippen molar-refractivity contribution in [3.8, 4) is 5.75 Å². The molecule has 0 aromatic carbocycles. The second-order valence-electron chi connectivity index (χ2n) is 5.25. The van der Waals surface area contributed by atoms with E-state index in [4.69, 9.17) is 20.5 Å². The molecule has 0 spiro atoms. The van der Waals surface area contributed by atoms with Crippen molar-refractivity contribution in [3.05, 3.63) is 5.56 Å². The predicted octanol–water partition coefficient (Wildman–Crippen LogP) is -4.85. The van der Waals surface area contributed by atoms with Crippen LogP contribution in [-0.4, -0.2) is 76.3 Å². The van der Waals surface area contributed by atoms with Crippen LogP contribution in [0.1, 0.15) is 11.6 Å². The first kappa shape index (κ1) is 20.4. The average molecular weight is 422 g/mol. The lowest BCUT2D eigenvalue weighted by Crippen LogP contribution is -2.59. The van der Waals surface area contributed by atoms with Gasteiger partial charge in [0.2, 0.25) is 21.1 Å². The summed E-state index contributed by atoms with van der Waals surface area (Å²) in [7, 11) is -9.53. The Balaban J connectivity index is 2.76. The summed E-state index contributed by atoms with van der Waals surface area (Å²) in [5, 5.41) is 73.0. The van der Waals surface area contributed by atoms with Crippen molar-refractivity contribution in [1.29, 1.82) is 0 Å². The molecule has 0 saturated carbocycles. The van der Waals surface area contributed by atoms with E-state index in [9.17, 15) is 37.3 Å². The van der Waals surface area contributed by atoms with Crippen LogP contribution in [0.15, 0.2) is 8.42 Å². The SMILES string of the molecule is NS(=O)(=O)c1sc2c(c1O)C(NCC(O)(O)O)C(O)(O)C(O)S2(=O)=O. The van der Waals surface area contributed by atoms with Crippen LogP contribution in [0.25, 0.3) is 0 Å². The Morgan fingerprint density at radius 3 is 2.24 bits per heavy atom. The third kappa shape index (κ3) is 3.38. The molecule has 2 atom stereocenters. The minimum atomic E-state index is -4.91. The lowest BCUT2D eigenvalue weighted by atomic mass is 10.00. The van der Waals surface area contributed by atoms with E-state index in [0.29, 0.717) is 0 Å². The zero-order chi connectivity index (χ0) is 19.6. The van der Waals surface area contributed by atoms with Crippen LogP contribution in [-0.2, 0) is 19.9 Å². The smallest absolute Gasteiger partial charge is 0.288 e. The highest BCUT2D eigenvalue weighted by molar-refractivity contribution is 7.95. The first-order valence-corrected chi connectivity index (χ1v) is 10.1. The molecule has 2 unspecified atom stereocenters. The van der Waals surface area contributed by atoms with Gasteiger partial charge in [-0.05, 0) is 0 Å². The Bertz CT molecular complexity index is 896. The summed E-state index contributed by atoms with van der Waals surface area (Å²) in [4.78, 5) is 0. The minimum Gasteiger partial charge on any atom is -0.505 e. The van der Waals surface area contributed by atoms with Gasteiger partial charge in [-0.15, -0.1) is 11.3 Å². The third-order valence-corrected chi connectivity index (χ3v) is 8.34. The van der Waals surface area contributed by atoms with E-state index in [1.54, 1.807) is 0 Å². The fraction of sp³-hybridized carbons (Fsp3) is 0.556. The van der Waals surface area contributed by atoms with Gasteiger partial charge in [0.25, 0.3) is 16.0 Å². The van der Waals surface area contributed by atoms with Gasteiger partial charge < -0.3 is 35.7 Å². The topological polar surface area (TPSA) is 248 Å². The van der Waals surface area contributed by atoms with Crippen molar-refractivity contribution in [3.63, 3.8) is 0 Å². The Hall–Kier alpha value is -0.920. The van der Waals surface area contributed by atoms with E-state index in [-0.39, 0.29) is 11.3 Å². The number of nitrogens with one attached hydrogen (secondary N) is 1. The monoisotopic (exact) mass is 422 g/mol. The Kier molecular flexibility index (Phi) is 4.72. The van der Waals surface area contributed by atoms with Crippen LogP contribution in [0.4, 0.5) is 0 Å². The molecule has 0 saturated heterocycles. The molecule has 0 radical (unpaired) electrons. The largest absolute Gasteiger partial charge is 0.505 e. The summed E-state index contributed by atoms with van der Waals surface area (Å²) in [5.74, 6) is -8.15. The fourth-order valence-corrected chi connectivity index (χ4v) is 6.49. The number of sulfone groups is 1. The van der Waals surface area contributed by atoms with Crippen molar-refractivity contribution in [2.45, 2.75) is 31.7 Å². The van der Waals surface area contributed by atoms with Gasteiger partial charge in [-0.3, -0.25) is 5.32 Å². The summed E-state index contributed by atoms with van der Waals surface area (Å²) in [5.41, 5.74) is -3.77. The van der Waals surface area contributed by atoms with E-state index in [0.717, 1.165) is 0 Å². The van der Waals surface area contributed by atoms with Crippen molar-refractivity contribution in [1.82, 2.24) is 5.32 Å². The lowest BCUT2D eigenvalue weighted by Gasteiger charge is -2.39. The van der Waals surface area contributed by atoms with Gasteiger partial charge in [0.15, 0.2) is 9.96 Å². The number of thiophene rings is 1.